The van der Waals surface area contributed by atoms with Crippen molar-refractivity contribution in [3.63, 3.8) is 0 Å². The van der Waals surface area contributed by atoms with Crippen molar-refractivity contribution in [2.24, 2.45) is 17.3 Å². The summed E-state index contributed by atoms with van der Waals surface area (Å²) in [6.45, 7) is 15.6. The van der Waals surface area contributed by atoms with Crippen molar-refractivity contribution < 1.29 is 0 Å². The quantitative estimate of drug-likeness (QED) is 0.575. The smallest absolute Gasteiger partial charge is 0.0328 e. The average molecular weight is 169 g/mol. The van der Waals surface area contributed by atoms with Gasteiger partial charge in [0.15, 0.2) is 0 Å². The second-order valence-electron chi connectivity index (χ2n) is 4.94. The van der Waals surface area contributed by atoms with Crippen molar-refractivity contribution in [2.45, 2.75) is 53.9 Å². The maximum absolute atomic E-state index is 4.11. The molecular formula is C12H25. The van der Waals surface area contributed by atoms with E-state index in [-0.39, 0.29) is 0 Å². The highest BCUT2D eigenvalue weighted by Crippen LogP contribution is 2.32. The molecule has 1 radical (unpaired) electrons. The van der Waals surface area contributed by atoms with Crippen LogP contribution in [0.4, 0.5) is 0 Å². The lowest BCUT2D eigenvalue weighted by atomic mass is 9.76. The van der Waals surface area contributed by atoms with Crippen LogP contribution in [-0.4, -0.2) is 0 Å². The lowest BCUT2D eigenvalue weighted by Gasteiger charge is -2.30. The summed E-state index contributed by atoms with van der Waals surface area (Å²) in [5.41, 5.74) is 0.420. The molecule has 0 saturated heterocycles. The Balaban J connectivity index is 3.75. The van der Waals surface area contributed by atoms with E-state index in [4.69, 9.17) is 0 Å². The molecule has 12 heavy (non-hydrogen) atoms. The second kappa shape index (κ2) is 4.89. The lowest BCUT2D eigenvalue weighted by molar-refractivity contribution is 0.229. The van der Waals surface area contributed by atoms with Crippen LogP contribution in [0.25, 0.3) is 0 Å². The fourth-order valence-corrected chi connectivity index (χ4v) is 1.07. The van der Waals surface area contributed by atoms with Gasteiger partial charge in [0.1, 0.15) is 0 Å². The molecule has 0 heterocycles. The van der Waals surface area contributed by atoms with Gasteiger partial charge in [-0.3, -0.25) is 0 Å². The molecule has 0 aliphatic rings. The first-order valence-corrected chi connectivity index (χ1v) is 5.23. The van der Waals surface area contributed by atoms with Gasteiger partial charge in [-0.2, -0.15) is 0 Å². The van der Waals surface area contributed by atoms with Gasteiger partial charge < -0.3 is 0 Å². The summed E-state index contributed by atoms with van der Waals surface area (Å²) in [5.74, 6) is 1.43. The predicted molar refractivity (Wildman–Crippen MR) is 57.0 cm³/mol. The van der Waals surface area contributed by atoms with Crippen LogP contribution in [0.3, 0.4) is 0 Å². The number of hydrogen-bond donors (Lipinski definition) is 0. The van der Waals surface area contributed by atoms with Gasteiger partial charge in [0, 0.05) is 0 Å². The van der Waals surface area contributed by atoms with Crippen molar-refractivity contribution in [3.8, 4) is 0 Å². The van der Waals surface area contributed by atoms with Crippen LogP contribution in [0.15, 0.2) is 0 Å². The third kappa shape index (κ3) is 4.13. The summed E-state index contributed by atoms with van der Waals surface area (Å²) < 4.78 is 0. The Hall–Kier alpha value is 0. The molecule has 0 amide bonds. The molecule has 0 aromatic carbocycles. The first-order chi connectivity index (χ1) is 5.40. The average Bonchev–Trinajstić information content (AvgIpc) is 2.00. The Morgan fingerprint density at radius 3 is 2.08 bits per heavy atom. The maximum Gasteiger partial charge on any atom is -0.0328 e. The van der Waals surface area contributed by atoms with Gasteiger partial charge in [-0.05, 0) is 30.6 Å². The van der Waals surface area contributed by atoms with Gasteiger partial charge in [-0.25, -0.2) is 0 Å². The molecule has 0 N–H and O–H groups in total. The molecular weight excluding hydrogens is 144 g/mol. The molecule has 0 bridgehead atoms. The molecule has 0 heteroatoms. The third-order valence-electron chi connectivity index (χ3n) is 3.31. The first-order valence-electron chi connectivity index (χ1n) is 5.23. The first kappa shape index (κ1) is 12.0. The SMILES string of the molecule is [CH2]C(C)C(C)(C)CCC(C)CC. The molecule has 2 atom stereocenters. The predicted octanol–water partition coefficient (Wildman–Crippen LogP) is 4.31. The highest BCUT2D eigenvalue weighted by atomic mass is 14.3. The highest BCUT2D eigenvalue weighted by molar-refractivity contribution is 4.77. The van der Waals surface area contributed by atoms with E-state index in [2.05, 4.69) is 41.5 Å². The number of rotatable bonds is 5. The van der Waals surface area contributed by atoms with E-state index >= 15 is 0 Å². The summed E-state index contributed by atoms with van der Waals surface area (Å²) in [7, 11) is 0. The molecule has 0 saturated carbocycles. The van der Waals surface area contributed by atoms with Crippen molar-refractivity contribution in [3.05, 3.63) is 6.92 Å². The highest BCUT2D eigenvalue weighted by Gasteiger charge is 2.22. The van der Waals surface area contributed by atoms with Gasteiger partial charge in [-0.15, -0.1) is 0 Å². The van der Waals surface area contributed by atoms with Crippen LogP contribution in [0.1, 0.15) is 53.9 Å². The molecule has 2 unspecified atom stereocenters. The van der Waals surface area contributed by atoms with Crippen LogP contribution in [0, 0.1) is 24.2 Å². The van der Waals surface area contributed by atoms with E-state index in [9.17, 15) is 0 Å². The third-order valence-corrected chi connectivity index (χ3v) is 3.31. The van der Waals surface area contributed by atoms with Crippen molar-refractivity contribution in [2.75, 3.05) is 0 Å². The molecule has 0 nitrogen and oxygen atoms in total. The van der Waals surface area contributed by atoms with Crippen LogP contribution >= 0.6 is 0 Å². The van der Waals surface area contributed by atoms with Crippen LogP contribution in [0.5, 0.6) is 0 Å². The minimum Gasteiger partial charge on any atom is -0.0651 e. The van der Waals surface area contributed by atoms with Crippen molar-refractivity contribution >= 4 is 0 Å². The zero-order valence-corrected chi connectivity index (χ0v) is 9.48. The Morgan fingerprint density at radius 2 is 1.75 bits per heavy atom. The molecule has 0 aliphatic heterocycles. The molecule has 0 aliphatic carbocycles. The zero-order chi connectivity index (χ0) is 9.78. The summed E-state index contributed by atoms with van der Waals surface area (Å²) in [6.07, 6.45) is 3.97. The van der Waals surface area contributed by atoms with Crippen molar-refractivity contribution in [1.82, 2.24) is 0 Å². The fraction of sp³-hybridized carbons (Fsp3) is 0.917. The minimum atomic E-state index is 0.420. The van der Waals surface area contributed by atoms with Gasteiger partial charge in [0.2, 0.25) is 0 Å². The largest absolute Gasteiger partial charge is 0.0651 e. The summed E-state index contributed by atoms with van der Waals surface area (Å²) in [6, 6.07) is 0. The standard InChI is InChI=1S/C12H25/c1-7-11(4)8-9-12(5,6)10(2)3/h10-11H,2,7-9H2,1,3-6H3. The normalized spacial score (nSPS) is 15.2. The van der Waals surface area contributed by atoms with E-state index in [0.29, 0.717) is 11.3 Å². The summed E-state index contributed by atoms with van der Waals surface area (Å²) in [5, 5.41) is 0. The van der Waals surface area contributed by atoms with Crippen LogP contribution < -0.4 is 0 Å². The van der Waals surface area contributed by atoms with E-state index in [1.807, 2.05) is 0 Å². The Bertz CT molecular complexity index is 111. The Labute approximate surface area is 78.8 Å². The monoisotopic (exact) mass is 169 g/mol. The summed E-state index contributed by atoms with van der Waals surface area (Å²) in [4.78, 5) is 0. The molecule has 0 fully saturated rings. The zero-order valence-electron chi connectivity index (χ0n) is 9.48. The van der Waals surface area contributed by atoms with E-state index in [1.54, 1.807) is 0 Å². The fourth-order valence-electron chi connectivity index (χ4n) is 1.07. The van der Waals surface area contributed by atoms with Crippen LogP contribution in [0.2, 0.25) is 0 Å². The van der Waals surface area contributed by atoms with Gasteiger partial charge in [0.05, 0.1) is 0 Å². The van der Waals surface area contributed by atoms with Gasteiger partial charge >= 0.3 is 0 Å². The maximum atomic E-state index is 4.11. The molecule has 73 valence electrons. The number of hydrogen-bond acceptors (Lipinski definition) is 0. The Morgan fingerprint density at radius 1 is 1.25 bits per heavy atom. The molecule has 0 aromatic heterocycles. The summed E-state index contributed by atoms with van der Waals surface area (Å²) >= 11 is 0. The molecule has 0 rings (SSSR count). The van der Waals surface area contributed by atoms with Crippen LogP contribution in [-0.2, 0) is 0 Å². The molecule has 0 aromatic rings. The Kier molecular flexibility index (Phi) is 4.89. The van der Waals surface area contributed by atoms with Gasteiger partial charge in [0.25, 0.3) is 0 Å². The van der Waals surface area contributed by atoms with Crippen molar-refractivity contribution in [1.29, 1.82) is 0 Å². The minimum absolute atomic E-state index is 0.420. The van der Waals surface area contributed by atoms with Gasteiger partial charge in [-0.1, -0.05) is 47.5 Å². The van der Waals surface area contributed by atoms with E-state index in [0.717, 1.165) is 5.92 Å². The lowest BCUT2D eigenvalue weighted by Crippen LogP contribution is -2.20. The van der Waals surface area contributed by atoms with E-state index in [1.165, 1.54) is 19.3 Å². The molecule has 0 spiro atoms. The van der Waals surface area contributed by atoms with E-state index < -0.39 is 0 Å². The second-order valence-corrected chi connectivity index (χ2v) is 4.94. The topological polar surface area (TPSA) is 0 Å².